The normalized spacial score (nSPS) is 11.8. The SMILES string of the molecule is Cc1noc2ncc(C(=O)NC(=O)Nc3ccc(F)c(C(F)(F)F)c3)c(CCCN(C)C)c12. The molecule has 33 heavy (non-hydrogen) atoms. The molecule has 176 valence electrons. The first-order chi connectivity index (χ1) is 15.5. The summed E-state index contributed by atoms with van der Waals surface area (Å²) < 4.78 is 57.2. The van der Waals surface area contributed by atoms with Crippen LogP contribution in [0.3, 0.4) is 0 Å². The summed E-state index contributed by atoms with van der Waals surface area (Å²) in [6, 6.07) is 0.895. The molecule has 0 saturated carbocycles. The van der Waals surface area contributed by atoms with Crippen LogP contribution >= 0.6 is 0 Å². The Hall–Kier alpha value is -3.54. The van der Waals surface area contributed by atoms with E-state index in [4.69, 9.17) is 4.52 Å². The van der Waals surface area contributed by atoms with Crippen LogP contribution in [0.2, 0.25) is 0 Å². The first kappa shape index (κ1) is 24.1. The number of aryl methyl sites for hydroxylation is 2. The van der Waals surface area contributed by atoms with E-state index in [-0.39, 0.29) is 17.0 Å². The average Bonchev–Trinajstić information content (AvgIpc) is 3.09. The molecule has 0 bridgehead atoms. The molecule has 0 atom stereocenters. The van der Waals surface area contributed by atoms with E-state index in [2.05, 4.69) is 20.8 Å². The van der Waals surface area contributed by atoms with Crippen molar-refractivity contribution < 1.29 is 31.7 Å². The molecule has 0 unspecified atom stereocenters. The fourth-order valence-electron chi connectivity index (χ4n) is 3.31. The number of urea groups is 1. The molecule has 12 heteroatoms. The number of rotatable bonds is 6. The van der Waals surface area contributed by atoms with E-state index in [0.29, 0.717) is 41.6 Å². The number of aromatic nitrogens is 2. The lowest BCUT2D eigenvalue weighted by Gasteiger charge is -2.14. The second kappa shape index (κ2) is 9.53. The summed E-state index contributed by atoms with van der Waals surface area (Å²) in [6.45, 7) is 2.44. The van der Waals surface area contributed by atoms with Crippen LogP contribution in [-0.2, 0) is 12.6 Å². The van der Waals surface area contributed by atoms with Crippen molar-refractivity contribution in [3.05, 3.63) is 52.6 Å². The van der Waals surface area contributed by atoms with Gasteiger partial charge < -0.3 is 14.7 Å². The van der Waals surface area contributed by atoms with Gasteiger partial charge in [0.15, 0.2) is 0 Å². The number of hydrogen-bond acceptors (Lipinski definition) is 6. The number of anilines is 1. The zero-order chi connectivity index (χ0) is 24.3. The van der Waals surface area contributed by atoms with E-state index in [9.17, 15) is 27.2 Å². The minimum absolute atomic E-state index is 0.109. The number of carbonyl (C=O) groups excluding carboxylic acids is 2. The van der Waals surface area contributed by atoms with Gasteiger partial charge in [-0.15, -0.1) is 0 Å². The van der Waals surface area contributed by atoms with Gasteiger partial charge in [0.2, 0.25) is 0 Å². The van der Waals surface area contributed by atoms with Crippen molar-refractivity contribution in [3.63, 3.8) is 0 Å². The van der Waals surface area contributed by atoms with Crippen LogP contribution in [0, 0.1) is 12.7 Å². The lowest BCUT2D eigenvalue weighted by atomic mass is 9.99. The third-order valence-corrected chi connectivity index (χ3v) is 4.82. The smallest absolute Gasteiger partial charge is 0.336 e. The highest BCUT2D eigenvalue weighted by Crippen LogP contribution is 2.33. The Morgan fingerprint density at radius 3 is 2.61 bits per heavy atom. The van der Waals surface area contributed by atoms with Crippen LogP contribution in [0.4, 0.5) is 28.0 Å². The van der Waals surface area contributed by atoms with Crippen LogP contribution < -0.4 is 10.6 Å². The summed E-state index contributed by atoms with van der Waals surface area (Å²) >= 11 is 0. The summed E-state index contributed by atoms with van der Waals surface area (Å²) in [5, 5.41) is 8.61. The third-order valence-electron chi connectivity index (χ3n) is 4.82. The van der Waals surface area contributed by atoms with Crippen molar-refractivity contribution in [2.75, 3.05) is 26.0 Å². The molecule has 2 aromatic heterocycles. The van der Waals surface area contributed by atoms with Crippen molar-refractivity contribution in [3.8, 4) is 0 Å². The summed E-state index contributed by atoms with van der Waals surface area (Å²) in [5.74, 6) is -2.28. The van der Waals surface area contributed by atoms with Gasteiger partial charge >= 0.3 is 12.2 Å². The van der Waals surface area contributed by atoms with Gasteiger partial charge in [-0.1, -0.05) is 5.16 Å². The minimum Gasteiger partial charge on any atom is -0.336 e. The van der Waals surface area contributed by atoms with Gasteiger partial charge in [0.05, 0.1) is 22.2 Å². The summed E-state index contributed by atoms with van der Waals surface area (Å²) in [6.07, 6.45) is -2.52. The molecule has 3 aromatic rings. The Balaban J connectivity index is 1.82. The number of benzene rings is 1. The number of amides is 3. The predicted molar refractivity (Wildman–Crippen MR) is 111 cm³/mol. The molecule has 0 fully saturated rings. The molecule has 2 N–H and O–H groups in total. The van der Waals surface area contributed by atoms with E-state index < -0.39 is 29.5 Å². The number of nitrogens with one attached hydrogen (secondary N) is 2. The van der Waals surface area contributed by atoms with E-state index in [0.717, 1.165) is 12.6 Å². The van der Waals surface area contributed by atoms with E-state index >= 15 is 0 Å². The third kappa shape index (κ3) is 5.64. The predicted octanol–water partition coefficient (Wildman–Crippen LogP) is 4.15. The Morgan fingerprint density at radius 2 is 1.94 bits per heavy atom. The van der Waals surface area contributed by atoms with Gasteiger partial charge in [-0.25, -0.2) is 14.2 Å². The molecule has 0 aliphatic heterocycles. The fraction of sp³-hybridized carbons (Fsp3) is 0.333. The highest BCUT2D eigenvalue weighted by molar-refractivity contribution is 6.10. The quantitative estimate of drug-likeness (QED) is 0.529. The highest BCUT2D eigenvalue weighted by atomic mass is 19.4. The van der Waals surface area contributed by atoms with Crippen molar-refractivity contribution in [2.24, 2.45) is 0 Å². The maximum atomic E-state index is 13.4. The first-order valence-electron chi connectivity index (χ1n) is 9.85. The van der Waals surface area contributed by atoms with Crippen molar-refractivity contribution in [1.82, 2.24) is 20.4 Å². The maximum absolute atomic E-state index is 13.4. The number of nitrogens with zero attached hydrogens (tertiary/aromatic N) is 3. The molecule has 8 nitrogen and oxygen atoms in total. The molecule has 0 aliphatic carbocycles. The number of imide groups is 1. The monoisotopic (exact) mass is 467 g/mol. The van der Waals surface area contributed by atoms with Crippen LogP contribution in [0.25, 0.3) is 11.1 Å². The number of hydrogen-bond donors (Lipinski definition) is 2. The van der Waals surface area contributed by atoms with Gasteiger partial charge in [0.25, 0.3) is 11.6 Å². The second-order valence-corrected chi connectivity index (χ2v) is 7.61. The zero-order valence-electron chi connectivity index (χ0n) is 18.0. The highest BCUT2D eigenvalue weighted by Gasteiger charge is 2.34. The number of halogens is 4. The van der Waals surface area contributed by atoms with Gasteiger partial charge in [0, 0.05) is 11.9 Å². The lowest BCUT2D eigenvalue weighted by molar-refractivity contribution is -0.139. The van der Waals surface area contributed by atoms with E-state index in [1.165, 1.54) is 6.20 Å². The van der Waals surface area contributed by atoms with Gasteiger partial charge in [0.1, 0.15) is 5.82 Å². The van der Waals surface area contributed by atoms with Crippen LogP contribution in [0.5, 0.6) is 0 Å². The molecule has 3 rings (SSSR count). The average molecular weight is 467 g/mol. The fourth-order valence-corrected chi connectivity index (χ4v) is 3.31. The summed E-state index contributed by atoms with van der Waals surface area (Å²) in [4.78, 5) is 31.1. The second-order valence-electron chi connectivity index (χ2n) is 7.61. The van der Waals surface area contributed by atoms with Crippen LogP contribution in [0.15, 0.2) is 28.9 Å². The van der Waals surface area contributed by atoms with Crippen molar-refractivity contribution in [2.45, 2.75) is 25.9 Å². The zero-order valence-corrected chi connectivity index (χ0v) is 18.0. The van der Waals surface area contributed by atoms with Crippen LogP contribution in [-0.4, -0.2) is 47.6 Å². The number of fused-ring (bicyclic) bond motifs is 1. The molecular weight excluding hydrogens is 446 g/mol. The number of carbonyl (C=O) groups is 2. The minimum atomic E-state index is -4.94. The molecule has 0 radical (unpaired) electrons. The largest absolute Gasteiger partial charge is 0.419 e. The van der Waals surface area contributed by atoms with E-state index in [1.807, 2.05) is 19.0 Å². The van der Waals surface area contributed by atoms with Gasteiger partial charge in [-0.3, -0.25) is 10.1 Å². The van der Waals surface area contributed by atoms with Crippen LogP contribution in [0.1, 0.15) is 33.6 Å². The Morgan fingerprint density at radius 1 is 1.21 bits per heavy atom. The number of pyridine rings is 1. The molecule has 0 spiro atoms. The molecule has 0 aliphatic rings. The summed E-state index contributed by atoms with van der Waals surface area (Å²) in [7, 11) is 3.81. The number of alkyl halides is 3. The Labute approximate surface area is 185 Å². The summed E-state index contributed by atoms with van der Waals surface area (Å²) in [5.41, 5.74) is -0.386. The maximum Gasteiger partial charge on any atom is 0.419 e. The van der Waals surface area contributed by atoms with Gasteiger partial charge in [-0.05, 0) is 64.2 Å². The lowest BCUT2D eigenvalue weighted by Crippen LogP contribution is -2.35. The van der Waals surface area contributed by atoms with Crippen molar-refractivity contribution in [1.29, 1.82) is 0 Å². The topological polar surface area (TPSA) is 100 Å². The molecule has 0 saturated heterocycles. The first-order valence-corrected chi connectivity index (χ1v) is 9.85. The molecule has 3 amide bonds. The standard InChI is InChI=1S/C21H21F4N5O3/c1-11-17-13(5-4-8-30(2)3)14(10-26-19(17)33-29-11)18(31)28-20(32)27-12-6-7-16(22)15(9-12)21(23,24)25/h6-7,9-10H,4-5,8H2,1-3H3,(H2,27,28,31,32). The van der Waals surface area contributed by atoms with E-state index in [1.54, 1.807) is 6.92 Å². The Kier molecular flexibility index (Phi) is 6.96. The molecule has 2 heterocycles. The van der Waals surface area contributed by atoms with Gasteiger partial charge in [-0.2, -0.15) is 13.2 Å². The Bertz CT molecular complexity index is 1190. The van der Waals surface area contributed by atoms with Crippen molar-refractivity contribution >= 4 is 28.7 Å². The molecule has 1 aromatic carbocycles. The molecular formula is C21H21F4N5O3.